The van der Waals surface area contributed by atoms with Crippen molar-refractivity contribution in [1.82, 2.24) is 40.5 Å². The predicted octanol–water partition coefficient (Wildman–Crippen LogP) is 4.99. The number of carbonyl (C=O) groups excluding carboxylic acids is 1. The normalized spacial score (nSPS) is 11.8. The molecule has 0 bridgehead atoms. The molecule has 0 spiro atoms. The van der Waals surface area contributed by atoms with Gasteiger partial charge in [0.2, 0.25) is 11.8 Å². The number of aromatic nitrogens is 7. The summed E-state index contributed by atoms with van der Waals surface area (Å²) < 4.78 is 6.89. The lowest BCUT2D eigenvalue weighted by Gasteiger charge is -2.17. The molecule has 5 aromatic rings. The number of nitrogens with zero attached hydrogens (tertiary/aromatic N) is 7. The molecule has 0 saturated carbocycles. The summed E-state index contributed by atoms with van der Waals surface area (Å²) in [6.45, 7) is 0. The summed E-state index contributed by atoms with van der Waals surface area (Å²) in [5, 5.41) is 24.2. The number of nitrogens with one attached hydrogen (secondary N) is 2. The number of halogens is 2. The summed E-state index contributed by atoms with van der Waals surface area (Å²) in [5.74, 6) is 0.375. The fourth-order valence-corrected chi connectivity index (χ4v) is 4.83. The summed E-state index contributed by atoms with van der Waals surface area (Å²) in [6, 6.07) is 14.8. The van der Waals surface area contributed by atoms with Crippen molar-refractivity contribution in [1.29, 1.82) is 0 Å². The minimum Gasteiger partial charge on any atom is -0.481 e. The standard InChI is InChI=1S/C29H25Cl2N9O4/c1-39(29(42)43)21-9-5-17(6-10-21)25-26(31)36-27(35-25)22(15-19-4-3-13-32-28(19)44-2)34-24(41)12-7-18-14-20(30)8-11-23(18)40-16-33-37-38-40/h3-14,16,22H,15H2,1-2H3,(H,34,41)(H,35,36)(H,42,43)/b12-7+/t22-/m0/s1. The number of methoxy groups -OCH3 is 1. The molecule has 0 fully saturated rings. The highest BCUT2D eigenvalue weighted by Gasteiger charge is 2.23. The fraction of sp³-hybridized carbons (Fsp3) is 0.138. The number of H-pyrrole nitrogens is 1. The summed E-state index contributed by atoms with van der Waals surface area (Å²) in [6.07, 6.45) is 5.22. The molecule has 0 aliphatic carbocycles. The first-order valence-corrected chi connectivity index (χ1v) is 13.8. The number of imidazole rings is 1. The molecule has 0 unspecified atom stereocenters. The highest BCUT2D eigenvalue weighted by atomic mass is 35.5. The summed E-state index contributed by atoms with van der Waals surface area (Å²) in [4.78, 5) is 37.7. The maximum absolute atomic E-state index is 13.3. The number of benzene rings is 2. The van der Waals surface area contributed by atoms with E-state index < -0.39 is 18.0 Å². The Morgan fingerprint density at radius 1 is 1.18 bits per heavy atom. The van der Waals surface area contributed by atoms with Crippen LogP contribution in [-0.2, 0) is 11.2 Å². The zero-order valence-electron chi connectivity index (χ0n) is 23.3. The van der Waals surface area contributed by atoms with Gasteiger partial charge >= 0.3 is 6.09 Å². The van der Waals surface area contributed by atoms with Crippen LogP contribution in [0.3, 0.4) is 0 Å². The Morgan fingerprint density at radius 2 is 1.98 bits per heavy atom. The van der Waals surface area contributed by atoms with E-state index in [-0.39, 0.29) is 11.6 Å². The number of anilines is 1. The molecule has 3 heterocycles. The van der Waals surface area contributed by atoms with E-state index in [2.05, 4.69) is 30.8 Å². The molecule has 44 heavy (non-hydrogen) atoms. The number of hydrogen-bond donors (Lipinski definition) is 3. The third kappa shape index (κ3) is 6.85. The maximum Gasteiger partial charge on any atom is 0.411 e. The Kier molecular flexibility index (Phi) is 9.17. The fourth-order valence-electron chi connectivity index (χ4n) is 4.40. The van der Waals surface area contributed by atoms with Crippen molar-refractivity contribution >= 4 is 47.0 Å². The summed E-state index contributed by atoms with van der Waals surface area (Å²) in [5.41, 5.74) is 3.55. The second-order valence-electron chi connectivity index (χ2n) is 9.40. The van der Waals surface area contributed by atoms with Gasteiger partial charge in [-0.1, -0.05) is 41.4 Å². The minimum atomic E-state index is -1.08. The minimum absolute atomic E-state index is 0.247. The molecule has 5 rings (SSSR count). The van der Waals surface area contributed by atoms with Gasteiger partial charge in [-0.2, -0.15) is 4.68 Å². The van der Waals surface area contributed by atoms with Crippen LogP contribution in [0.2, 0.25) is 10.2 Å². The number of rotatable bonds is 10. The van der Waals surface area contributed by atoms with Crippen molar-refractivity contribution in [3.05, 3.63) is 100 Å². The van der Waals surface area contributed by atoms with Gasteiger partial charge in [0, 0.05) is 53.1 Å². The number of hydrogen-bond acceptors (Lipinski definition) is 8. The summed E-state index contributed by atoms with van der Waals surface area (Å²) in [7, 11) is 2.97. The van der Waals surface area contributed by atoms with E-state index in [1.165, 1.54) is 31.2 Å². The van der Waals surface area contributed by atoms with Crippen LogP contribution < -0.4 is 15.0 Å². The first-order valence-electron chi connectivity index (χ1n) is 13.1. The Balaban J connectivity index is 1.44. The number of amides is 2. The van der Waals surface area contributed by atoms with Crippen LogP contribution in [0.25, 0.3) is 23.0 Å². The monoisotopic (exact) mass is 633 g/mol. The smallest absolute Gasteiger partial charge is 0.411 e. The van der Waals surface area contributed by atoms with Gasteiger partial charge in [-0.05, 0) is 52.9 Å². The Hall–Kier alpha value is -5.27. The number of carbonyl (C=O) groups is 2. The number of carboxylic acid groups (broad SMARTS) is 1. The first kappa shape index (κ1) is 30.2. The van der Waals surface area contributed by atoms with Gasteiger partial charge in [-0.15, -0.1) is 5.10 Å². The van der Waals surface area contributed by atoms with Crippen molar-refractivity contribution in [2.24, 2.45) is 0 Å². The van der Waals surface area contributed by atoms with Crippen LogP contribution in [0.4, 0.5) is 10.5 Å². The Bertz CT molecular complexity index is 1810. The molecular weight excluding hydrogens is 609 g/mol. The van der Waals surface area contributed by atoms with Crippen molar-refractivity contribution in [2.75, 3.05) is 19.1 Å². The van der Waals surface area contributed by atoms with Crippen LogP contribution in [-0.4, -0.2) is 66.4 Å². The van der Waals surface area contributed by atoms with Crippen molar-refractivity contribution < 1.29 is 19.4 Å². The number of aromatic amines is 1. The van der Waals surface area contributed by atoms with E-state index in [1.54, 1.807) is 60.8 Å². The summed E-state index contributed by atoms with van der Waals surface area (Å²) >= 11 is 12.8. The van der Waals surface area contributed by atoms with Gasteiger partial charge in [-0.3, -0.25) is 9.69 Å². The molecule has 0 saturated heterocycles. The molecule has 13 nitrogen and oxygen atoms in total. The van der Waals surface area contributed by atoms with Crippen LogP contribution in [0.15, 0.2) is 73.2 Å². The van der Waals surface area contributed by atoms with Gasteiger partial charge in [0.25, 0.3) is 0 Å². The number of ether oxygens (including phenoxy) is 1. The highest BCUT2D eigenvalue weighted by molar-refractivity contribution is 6.32. The van der Waals surface area contributed by atoms with E-state index in [0.29, 0.717) is 44.9 Å². The van der Waals surface area contributed by atoms with Crippen LogP contribution in [0.5, 0.6) is 5.88 Å². The van der Waals surface area contributed by atoms with E-state index in [1.807, 2.05) is 6.07 Å². The SMILES string of the molecule is COc1ncccc1C[C@H](NC(=O)/C=C/c1cc(Cl)ccc1-n1cnnn1)c1nc(-c2ccc(N(C)C(=O)O)cc2)c(Cl)[nH]1. The third-order valence-corrected chi connectivity index (χ3v) is 7.12. The van der Waals surface area contributed by atoms with E-state index >= 15 is 0 Å². The van der Waals surface area contributed by atoms with Crippen molar-refractivity contribution in [3.8, 4) is 22.8 Å². The van der Waals surface area contributed by atoms with Gasteiger partial charge in [0.05, 0.1) is 18.8 Å². The lowest BCUT2D eigenvalue weighted by molar-refractivity contribution is -0.117. The molecule has 0 aliphatic heterocycles. The van der Waals surface area contributed by atoms with Gasteiger partial charge in [0.15, 0.2) is 0 Å². The molecule has 3 N–H and O–H groups in total. The number of pyridine rings is 1. The molecule has 2 amide bonds. The van der Waals surface area contributed by atoms with Crippen LogP contribution in [0.1, 0.15) is 23.0 Å². The number of tetrazole rings is 1. The molecular formula is C29H25Cl2N9O4. The lowest BCUT2D eigenvalue weighted by Crippen LogP contribution is -2.29. The Morgan fingerprint density at radius 3 is 2.68 bits per heavy atom. The molecule has 1 atom stereocenters. The second-order valence-corrected chi connectivity index (χ2v) is 10.2. The van der Waals surface area contributed by atoms with Gasteiger partial charge < -0.3 is 20.1 Å². The van der Waals surface area contributed by atoms with Crippen molar-refractivity contribution in [3.63, 3.8) is 0 Å². The lowest BCUT2D eigenvalue weighted by atomic mass is 10.1. The average Bonchev–Trinajstić information content (AvgIpc) is 3.70. The average molecular weight is 634 g/mol. The molecule has 2 aromatic carbocycles. The molecule has 224 valence electrons. The zero-order chi connectivity index (χ0) is 31.2. The molecule has 0 radical (unpaired) electrons. The molecule has 3 aromatic heterocycles. The van der Waals surface area contributed by atoms with E-state index in [4.69, 9.17) is 32.9 Å². The van der Waals surface area contributed by atoms with Crippen molar-refractivity contribution in [2.45, 2.75) is 12.5 Å². The van der Waals surface area contributed by atoms with Gasteiger partial charge in [0.1, 0.15) is 23.0 Å². The Labute approximate surface area is 261 Å². The zero-order valence-corrected chi connectivity index (χ0v) is 24.9. The topological polar surface area (TPSA) is 164 Å². The quantitative estimate of drug-likeness (QED) is 0.180. The third-order valence-electron chi connectivity index (χ3n) is 6.61. The predicted molar refractivity (Wildman–Crippen MR) is 164 cm³/mol. The second kappa shape index (κ2) is 13.4. The van der Waals surface area contributed by atoms with Gasteiger partial charge in [-0.25, -0.2) is 14.8 Å². The van der Waals surface area contributed by atoms with E-state index in [9.17, 15) is 14.7 Å². The van der Waals surface area contributed by atoms with E-state index in [0.717, 1.165) is 10.5 Å². The first-order chi connectivity index (χ1) is 21.2. The molecule has 15 heteroatoms. The maximum atomic E-state index is 13.3. The largest absolute Gasteiger partial charge is 0.481 e. The van der Waals surface area contributed by atoms with Crippen LogP contribution in [0, 0.1) is 0 Å². The highest BCUT2D eigenvalue weighted by Crippen LogP contribution is 2.31. The molecule has 0 aliphatic rings. The van der Waals surface area contributed by atoms with Crippen LogP contribution >= 0.6 is 23.2 Å².